The van der Waals surface area contributed by atoms with Gasteiger partial charge in [-0.2, -0.15) is 0 Å². The average Bonchev–Trinajstić information content (AvgIpc) is 2.51. The number of benzene rings is 1. The lowest BCUT2D eigenvalue weighted by Gasteiger charge is -2.29. The first-order valence-electron chi connectivity index (χ1n) is 8.01. The molecular formula is C17H27N3O2. The molecule has 0 bridgehead atoms. The lowest BCUT2D eigenvalue weighted by atomic mass is 10.0. The quantitative estimate of drug-likeness (QED) is 0.874. The summed E-state index contributed by atoms with van der Waals surface area (Å²) in [5.41, 5.74) is 1.16. The van der Waals surface area contributed by atoms with Crippen molar-refractivity contribution >= 4 is 6.03 Å². The molecule has 1 aromatic carbocycles. The summed E-state index contributed by atoms with van der Waals surface area (Å²) in [6.07, 6.45) is 1.81. The van der Waals surface area contributed by atoms with E-state index >= 15 is 0 Å². The van der Waals surface area contributed by atoms with Crippen LogP contribution in [0, 0.1) is 0 Å². The van der Waals surface area contributed by atoms with Crippen LogP contribution in [0.4, 0.5) is 4.79 Å². The molecule has 1 aromatic rings. The Bertz CT molecular complexity index is 491. The standard InChI is InChI=1S/C17H27N3O2/c1-4-20(11-7-10-19(2)3)17(21)18-15-12-14-8-5-6-9-16(14)22-13-15/h5-6,8-9,15H,4,7,10-13H2,1-3H3,(H,18,21)/t15-/m0/s1. The van der Waals surface area contributed by atoms with Crippen LogP contribution < -0.4 is 10.1 Å². The zero-order chi connectivity index (χ0) is 15.9. The van der Waals surface area contributed by atoms with Crippen LogP contribution in [-0.4, -0.2) is 62.2 Å². The normalized spacial score (nSPS) is 16.8. The van der Waals surface area contributed by atoms with Crippen molar-refractivity contribution in [1.29, 1.82) is 0 Å². The highest BCUT2D eigenvalue weighted by molar-refractivity contribution is 5.74. The number of carbonyl (C=O) groups is 1. The van der Waals surface area contributed by atoms with Crippen LogP contribution in [0.3, 0.4) is 0 Å². The summed E-state index contributed by atoms with van der Waals surface area (Å²) in [6.45, 7) is 5.05. The fourth-order valence-electron chi connectivity index (χ4n) is 2.67. The van der Waals surface area contributed by atoms with Gasteiger partial charge in [-0.15, -0.1) is 0 Å². The van der Waals surface area contributed by atoms with Gasteiger partial charge < -0.3 is 19.9 Å². The molecule has 0 saturated heterocycles. The summed E-state index contributed by atoms with van der Waals surface area (Å²) >= 11 is 0. The van der Waals surface area contributed by atoms with Crippen molar-refractivity contribution in [3.63, 3.8) is 0 Å². The van der Waals surface area contributed by atoms with Crippen molar-refractivity contribution in [3.05, 3.63) is 29.8 Å². The van der Waals surface area contributed by atoms with Gasteiger partial charge in [0.1, 0.15) is 12.4 Å². The molecule has 0 unspecified atom stereocenters. The molecule has 0 spiro atoms. The molecule has 0 aromatic heterocycles. The third kappa shape index (κ3) is 4.63. The van der Waals surface area contributed by atoms with Crippen LogP contribution in [-0.2, 0) is 6.42 Å². The summed E-state index contributed by atoms with van der Waals surface area (Å²) in [7, 11) is 4.10. The second-order valence-electron chi connectivity index (χ2n) is 6.01. The number of hydrogen-bond acceptors (Lipinski definition) is 3. The van der Waals surface area contributed by atoms with Crippen molar-refractivity contribution in [2.75, 3.05) is 40.3 Å². The number of hydrogen-bond donors (Lipinski definition) is 1. The van der Waals surface area contributed by atoms with E-state index in [9.17, 15) is 4.79 Å². The van der Waals surface area contributed by atoms with Crippen molar-refractivity contribution in [2.24, 2.45) is 0 Å². The van der Waals surface area contributed by atoms with Crippen LogP contribution in [0.15, 0.2) is 24.3 Å². The molecule has 2 amide bonds. The Balaban J connectivity index is 1.83. The van der Waals surface area contributed by atoms with Crippen LogP contribution in [0.1, 0.15) is 18.9 Å². The smallest absolute Gasteiger partial charge is 0.317 e. The summed E-state index contributed by atoms with van der Waals surface area (Å²) in [5, 5.41) is 3.10. The number of carbonyl (C=O) groups excluding carboxylic acids is 1. The van der Waals surface area contributed by atoms with Gasteiger partial charge in [-0.25, -0.2) is 4.79 Å². The Morgan fingerprint density at radius 1 is 1.32 bits per heavy atom. The SMILES string of the molecule is CCN(CCCN(C)C)C(=O)N[C@@H]1COc2ccccc2C1. The van der Waals surface area contributed by atoms with Crippen molar-refractivity contribution in [2.45, 2.75) is 25.8 Å². The molecule has 1 N–H and O–H groups in total. The van der Waals surface area contributed by atoms with E-state index in [2.05, 4.69) is 16.3 Å². The highest BCUT2D eigenvalue weighted by Crippen LogP contribution is 2.23. The molecule has 0 radical (unpaired) electrons. The molecule has 0 saturated carbocycles. The number of nitrogens with one attached hydrogen (secondary N) is 1. The van der Waals surface area contributed by atoms with Gasteiger partial charge >= 0.3 is 6.03 Å². The highest BCUT2D eigenvalue weighted by Gasteiger charge is 2.22. The Labute approximate surface area is 133 Å². The lowest BCUT2D eigenvalue weighted by Crippen LogP contribution is -2.49. The summed E-state index contributed by atoms with van der Waals surface area (Å²) in [4.78, 5) is 16.4. The topological polar surface area (TPSA) is 44.8 Å². The van der Waals surface area contributed by atoms with E-state index in [-0.39, 0.29) is 12.1 Å². The number of nitrogens with zero attached hydrogens (tertiary/aromatic N) is 2. The molecule has 1 heterocycles. The molecule has 122 valence electrons. The molecule has 1 aliphatic heterocycles. The molecule has 1 aliphatic rings. The number of fused-ring (bicyclic) bond motifs is 1. The van der Waals surface area contributed by atoms with Crippen LogP contribution in [0.2, 0.25) is 0 Å². The molecule has 22 heavy (non-hydrogen) atoms. The van der Waals surface area contributed by atoms with Gasteiger partial charge in [-0.3, -0.25) is 0 Å². The third-order valence-electron chi connectivity index (χ3n) is 3.91. The number of para-hydroxylation sites is 1. The number of ether oxygens (including phenoxy) is 1. The summed E-state index contributed by atoms with van der Waals surface area (Å²) in [6, 6.07) is 8.07. The molecule has 1 atom stereocenters. The van der Waals surface area contributed by atoms with Gasteiger partial charge in [-0.1, -0.05) is 18.2 Å². The van der Waals surface area contributed by atoms with E-state index < -0.39 is 0 Å². The van der Waals surface area contributed by atoms with E-state index in [1.54, 1.807) is 0 Å². The van der Waals surface area contributed by atoms with E-state index in [1.807, 2.05) is 44.1 Å². The molecule has 5 heteroatoms. The fourth-order valence-corrected chi connectivity index (χ4v) is 2.67. The minimum absolute atomic E-state index is 0.00855. The third-order valence-corrected chi connectivity index (χ3v) is 3.91. The lowest BCUT2D eigenvalue weighted by molar-refractivity contribution is 0.180. The van der Waals surface area contributed by atoms with Gasteiger partial charge in [0.05, 0.1) is 6.04 Å². The zero-order valence-electron chi connectivity index (χ0n) is 13.8. The Morgan fingerprint density at radius 2 is 2.09 bits per heavy atom. The first kappa shape index (κ1) is 16.6. The molecule has 2 rings (SSSR count). The molecule has 0 fully saturated rings. The van der Waals surface area contributed by atoms with Gasteiger partial charge in [0.25, 0.3) is 0 Å². The second-order valence-corrected chi connectivity index (χ2v) is 6.01. The van der Waals surface area contributed by atoms with E-state index in [4.69, 9.17) is 4.74 Å². The largest absolute Gasteiger partial charge is 0.491 e. The first-order valence-corrected chi connectivity index (χ1v) is 8.01. The Hall–Kier alpha value is -1.75. The second kappa shape index (κ2) is 8.03. The predicted molar refractivity (Wildman–Crippen MR) is 88.4 cm³/mol. The number of urea groups is 1. The minimum Gasteiger partial charge on any atom is -0.491 e. The van der Waals surface area contributed by atoms with E-state index in [0.29, 0.717) is 6.61 Å². The zero-order valence-corrected chi connectivity index (χ0v) is 13.8. The van der Waals surface area contributed by atoms with Crippen LogP contribution >= 0.6 is 0 Å². The monoisotopic (exact) mass is 305 g/mol. The number of rotatable bonds is 6. The van der Waals surface area contributed by atoms with Crippen molar-refractivity contribution in [3.8, 4) is 5.75 Å². The Kier molecular flexibility index (Phi) is 6.07. The molecule has 5 nitrogen and oxygen atoms in total. The van der Waals surface area contributed by atoms with Crippen LogP contribution in [0.5, 0.6) is 5.75 Å². The Morgan fingerprint density at radius 3 is 2.82 bits per heavy atom. The maximum Gasteiger partial charge on any atom is 0.317 e. The van der Waals surface area contributed by atoms with Gasteiger partial charge in [-0.05, 0) is 52.0 Å². The van der Waals surface area contributed by atoms with Crippen LogP contribution in [0.25, 0.3) is 0 Å². The summed E-state index contributed by atoms with van der Waals surface area (Å²) < 4.78 is 5.72. The molecule has 0 aliphatic carbocycles. The van der Waals surface area contributed by atoms with Crippen molar-refractivity contribution in [1.82, 2.24) is 15.1 Å². The van der Waals surface area contributed by atoms with Gasteiger partial charge in [0, 0.05) is 13.1 Å². The minimum atomic E-state index is 0.00855. The maximum atomic E-state index is 12.4. The molecular weight excluding hydrogens is 278 g/mol. The summed E-state index contributed by atoms with van der Waals surface area (Å²) in [5.74, 6) is 0.936. The van der Waals surface area contributed by atoms with E-state index in [1.165, 1.54) is 0 Å². The number of amides is 2. The van der Waals surface area contributed by atoms with Gasteiger partial charge in [0.15, 0.2) is 0 Å². The van der Waals surface area contributed by atoms with Crippen molar-refractivity contribution < 1.29 is 9.53 Å². The fraction of sp³-hybridized carbons (Fsp3) is 0.588. The average molecular weight is 305 g/mol. The highest BCUT2D eigenvalue weighted by atomic mass is 16.5. The maximum absolute atomic E-state index is 12.4. The van der Waals surface area contributed by atoms with Gasteiger partial charge in [0.2, 0.25) is 0 Å². The first-order chi connectivity index (χ1) is 10.6. The predicted octanol–water partition coefficient (Wildman–Crippen LogP) is 1.97. The van der Waals surface area contributed by atoms with E-state index in [0.717, 1.165) is 43.8 Å².